The SMILES string of the molecule is CCCC(CNC(=O)N(C)c1ccc(OC)cc1)C(=O)O. The van der Waals surface area contributed by atoms with E-state index in [1.807, 2.05) is 6.92 Å². The van der Waals surface area contributed by atoms with Crippen LogP contribution in [0.15, 0.2) is 24.3 Å². The third-order valence-corrected chi connectivity index (χ3v) is 3.25. The van der Waals surface area contributed by atoms with Crippen molar-refractivity contribution in [2.45, 2.75) is 19.8 Å². The second-order valence-electron chi connectivity index (χ2n) is 4.77. The van der Waals surface area contributed by atoms with Crippen LogP contribution in [0.5, 0.6) is 5.75 Å². The van der Waals surface area contributed by atoms with E-state index in [9.17, 15) is 9.59 Å². The summed E-state index contributed by atoms with van der Waals surface area (Å²) < 4.78 is 5.06. The van der Waals surface area contributed by atoms with Gasteiger partial charge in [0.1, 0.15) is 5.75 Å². The molecule has 1 unspecified atom stereocenters. The number of benzene rings is 1. The summed E-state index contributed by atoms with van der Waals surface area (Å²) in [5.74, 6) is -0.728. The summed E-state index contributed by atoms with van der Waals surface area (Å²) in [6.45, 7) is 2.05. The Morgan fingerprint density at radius 1 is 1.33 bits per heavy atom. The molecule has 0 saturated carbocycles. The van der Waals surface area contributed by atoms with E-state index in [0.717, 1.165) is 6.42 Å². The Morgan fingerprint density at radius 3 is 2.43 bits per heavy atom. The third kappa shape index (κ3) is 4.98. The topological polar surface area (TPSA) is 78.9 Å². The van der Waals surface area contributed by atoms with E-state index in [1.165, 1.54) is 4.90 Å². The second-order valence-corrected chi connectivity index (χ2v) is 4.77. The van der Waals surface area contributed by atoms with E-state index in [2.05, 4.69) is 5.32 Å². The predicted molar refractivity (Wildman–Crippen MR) is 80.8 cm³/mol. The van der Waals surface area contributed by atoms with Gasteiger partial charge in [-0.15, -0.1) is 0 Å². The third-order valence-electron chi connectivity index (χ3n) is 3.25. The first-order valence-corrected chi connectivity index (χ1v) is 6.88. The number of ether oxygens (including phenoxy) is 1. The zero-order valence-electron chi connectivity index (χ0n) is 12.6. The zero-order chi connectivity index (χ0) is 15.8. The smallest absolute Gasteiger partial charge is 0.321 e. The quantitative estimate of drug-likeness (QED) is 0.809. The van der Waals surface area contributed by atoms with Crippen LogP contribution in [0.2, 0.25) is 0 Å². The van der Waals surface area contributed by atoms with Crippen LogP contribution in [-0.2, 0) is 4.79 Å². The molecule has 1 aromatic carbocycles. The molecule has 0 saturated heterocycles. The fraction of sp³-hybridized carbons (Fsp3) is 0.467. The Labute approximate surface area is 124 Å². The molecule has 0 aliphatic rings. The van der Waals surface area contributed by atoms with Gasteiger partial charge in [0, 0.05) is 19.3 Å². The maximum Gasteiger partial charge on any atom is 0.321 e. The molecule has 1 aromatic rings. The van der Waals surface area contributed by atoms with Gasteiger partial charge >= 0.3 is 12.0 Å². The van der Waals surface area contributed by atoms with Crippen LogP contribution in [0.1, 0.15) is 19.8 Å². The molecule has 6 heteroatoms. The first-order valence-electron chi connectivity index (χ1n) is 6.88. The number of aliphatic carboxylic acids is 1. The molecule has 0 aromatic heterocycles. The van der Waals surface area contributed by atoms with Crippen LogP contribution in [0.4, 0.5) is 10.5 Å². The lowest BCUT2D eigenvalue weighted by Gasteiger charge is -2.20. The standard InChI is InChI=1S/C15H22N2O4/c1-4-5-11(14(18)19)10-16-15(20)17(2)12-6-8-13(21-3)9-7-12/h6-9,11H,4-5,10H2,1-3H3,(H,16,20)(H,18,19). The van der Waals surface area contributed by atoms with E-state index in [1.54, 1.807) is 38.4 Å². The van der Waals surface area contributed by atoms with Crippen molar-refractivity contribution in [3.8, 4) is 5.75 Å². The molecule has 0 spiro atoms. The molecule has 0 aliphatic carbocycles. The highest BCUT2D eigenvalue weighted by atomic mass is 16.5. The minimum absolute atomic E-state index is 0.127. The average Bonchev–Trinajstić information content (AvgIpc) is 2.50. The fourth-order valence-corrected chi connectivity index (χ4v) is 1.91. The number of nitrogens with zero attached hydrogens (tertiary/aromatic N) is 1. The van der Waals surface area contributed by atoms with E-state index in [4.69, 9.17) is 9.84 Å². The first kappa shape index (κ1) is 16.8. The Balaban J connectivity index is 2.59. The number of hydrogen-bond donors (Lipinski definition) is 2. The van der Waals surface area contributed by atoms with Crippen molar-refractivity contribution < 1.29 is 19.4 Å². The molecule has 1 rings (SSSR count). The summed E-state index contributed by atoms with van der Waals surface area (Å²) in [5.41, 5.74) is 0.704. The highest BCUT2D eigenvalue weighted by Gasteiger charge is 2.18. The molecular weight excluding hydrogens is 272 g/mol. The molecule has 0 fully saturated rings. The van der Waals surface area contributed by atoms with Crippen molar-refractivity contribution in [2.75, 3.05) is 25.6 Å². The van der Waals surface area contributed by atoms with Crippen molar-refractivity contribution in [3.63, 3.8) is 0 Å². The van der Waals surface area contributed by atoms with E-state index >= 15 is 0 Å². The Morgan fingerprint density at radius 2 is 1.95 bits per heavy atom. The number of carbonyl (C=O) groups excluding carboxylic acids is 1. The van der Waals surface area contributed by atoms with Gasteiger partial charge in [-0.05, 0) is 30.7 Å². The van der Waals surface area contributed by atoms with Crippen LogP contribution in [0.3, 0.4) is 0 Å². The predicted octanol–water partition coefficient (Wildman–Crippen LogP) is 2.34. The molecule has 2 N–H and O–H groups in total. The molecule has 0 bridgehead atoms. The summed E-state index contributed by atoms with van der Waals surface area (Å²) in [6.07, 6.45) is 1.31. The van der Waals surface area contributed by atoms with Crippen molar-refractivity contribution in [1.29, 1.82) is 0 Å². The van der Waals surface area contributed by atoms with Crippen LogP contribution >= 0.6 is 0 Å². The monoisotopic (exact) mass is 294 g/mol. The maximum absolute atomic E-state index is 12.0. The summed E-state index contributed by atoms with van der Waals surface area (Å²) >= 11 is 0. The molecule has 6 nitrogen and oxygen atoms in total. The van der Waals surface area contributed by atoms with Crippen molar-refractivity contribution in [2.24, 2.45) is 5.92 Å². The maximum atomic E-state index is 12.0. The molecule has 21 heavy (non-hydrogen) atoms. The van der Waals surface area contributed by atoms with Crippen molar-refractivity contribution in [3.05, 3.63) is 24.3 Å². The largest absolute Gasteiger partial charge is 0.497 e. The van der Waals surface area contributed by atoms with Gasteiger partial charge in [0.15, 0.2) is 0 Å². The van der Waals surface area contributed by atoms with Crippen LogP contribution < -0.4 is 15.0 Å². The highest BCUT2D eigenvalue weighted by Crippen LogP contribution is 2.18. The number of rotatable bonds is 7. The van der Waals surface area contributed by atoms with Gasteiger partial charge in [-0.2, -0.15) is 0 Å². The van der Waals surface area contributed by atoms with Crippen LogP contribution in [0, 0.1) is 5.92 Å². The lowest BCUT2D eigenvalue weighted by Crippen LogP contribution is -2.41. The van der Waals surface area contributed by atoms with Crippen molar-refractivity contribution in [1.82, 2.24) is 5.32 Å². The number of methoxy groups -OCH3 is 1. The minimum atomic E-state index is -0.885. The fourth-order valence-electron chi connectivity index (χ4n) is 1.91. The van der Waals surface area contributed by atoms with Gasteiger partial charge in [0.05, 0.1) is 13.0 Å². The number of carboxylic acids is 1. The number of hydrogen-bond acceptors (Lipinski definition) is 3. The van der Waals surface area contributed by atoms with E-state index in [-0.39, 0.29) is 12.6 Å². The number of nitrogens with one attached hydrogen (secondary N) is 1. The average molecular weight is 294 g/mol. The molecule has 2 amide bonds. The number of amides is 2. The van der Waals surface area contributed by atoms with Gasteiger partial charge < -0.3 is 15.2 Å². The Hall–Kier alpha value is -2.24. The summed E-state index contributed by atoms with van der Waals surface area (Å²) in [7, 11) is 3.21. The highest BCUT2D eigenvalue weighted by molar-refractivity contribution is 5.91. The molecule has 1 atom stereocenters. The molecular formula is C15H22N2O4. The molecule has 0 heterocycles. The Kier molecular flexibility index (Phi) is 6.52. The van der Waals surface area contributed by atoms with E-state index < -0.39 is 11.9 Å². The van der Waals surface area contributed by atoms with E-state index in [0.29, 0.717) is 17.9 Å². The number of carboxylic acid groups (broad SMARTS) is 1. The summed E-state index contributed by atoms with van der Waals surface area (Å²) in [6, 6.07) is 6.72. The number of urea groups is 1. The molecule has 0 radical (unpaired) electrons. The lowest BCUT2D eigenvalue weighted by atomic mass is 10.0. The zero-order valence-corrected chi connectivity index (χ0v) is 12.6. The number of carbonyl (C=O) groups is 2. The van der Waals surface area contributed by atoms with Gasteiger partial charge in [-0.3, -0.25) is 9.69 Å². The molecule has 0 aliphatic heterocycles. The van der Waals surface area contributed by atoms with Gasteiger partial charge in [-0.1, -0.05) is 13.3 Å². The van der Waals surface area contributed by atoms with Crippen LogP contribution in [0.25, 0.3) is 0 Å². The van der Waals surface area contributed by atoms with Crippen molar-refractivity contribution >= 4 is 17.7 Å². The van der Waals surface area contributed by atoms with Gasteiger partial charge in [-0.25, -0.2) is 4.79 Å². The van der Waals surface area contributed by atoms with Gasteiger partial charge in [0.25, 0.3) is 0 Å². The van der Waals surface area contributed by atoms with Crippen LogP contribution in [-0.4, -0.2) is 37.8 Å². The second kappa shape index (κ2) is 8.14. The first-order chi connectivity index (χ1) is 9.99. The lowest BCUT2D eigenvalue weighted by molar-refractivity contribution is -0.141. The normalized spacial score (nSPS) is 11.6. The number of anilines is 1. The minimum Gasteiger partial charge on any atom is -0.497 e. The summed E-state index contributed by atoms with van der Waals surface area (Å²) in [5, 5.41) is 11.7. The Bertz CT molecular complexity index is 473. The van der Waals surface area contributed by atoms with Gasteiger partial charge in [0.2, 0.25) is 0 Å². The molecule has 116 valence electrons. The summed E-state index contributed by atoms with van der Waals surface area (Å²) in [4.78, 5) is 24.5.